The number of oxazole rings is 1. The fourth-order valence-electron chi connectivity index (χ4n) is 2.72. The topological polar surface area (TPSA) is 112 Å². The second-order valence-corrected chi connectivity index (χ2v) is 6.01. The van der Waals surface area contributed by atoms with Crippen LogP contribution in [0.15, 0.2) is 33.7 Å². The van der Waals surface area contributed by atoms with E-state index in [0.29, 0.717) is 11.7 Å². The number of benzene rings is 1. The highest BCUT2D eigenvalue weighted by Crippen LogP contribution is 2.36. The first-order valence-electron chi connectivity index (χ1n) is 8.03. The lowest BCUT2D eigenvalue weighted by Gasteiger charge is -2.33. The van der Waals surface area contributed by atoms with E-state index in [0.717, 1.165) is 0 Å². The molecule has 3 rings (SSSR count). The van der Waals surface area contributed by atoms with Crippen molar-refractivity contribution in [1.82, 2.24) is 4.98 Å². The number of nitrogens with zero attached hydrogens (tertiary/aromatic N) is 2. The lowest BCUT2D eigenvalue weighted by Crippen LogP contribution is -2.44. The van der Waals surface area contributed by atoms with Crippen molar-refractivity contribution in [2.24, 2.45) is 10.7 Å². The number of halogens is 2. The molecule has 0 fully saturated rings. The Morgan fingerprint density at radius 3 is 2.81 bits per heavy atom. The normalized spacial score (nSPS) is 19.7. The molecule has 2 aromatic rings. The zero-order chi connectivity index (χ0) is 19.6. The minimum atomic E-state index is -2.85. The molecule has 1 amide bonds. The highest BCUT2D eigenvalue weighted by atomic mass is 19.3. The summed E-state index contributed by atoms with van der Waals surface area (Å²) in [5, 5.41) is 2.47. The van der Waals surface area contributed by atoms with Crippen molar-refractivity contribution < 1.29 is 27.5 Å². The van der Waals surface area contributed by atoms with Crippen LogP contribution in [0.25, 0.3) is 0 Å². The average Bonchev–Trinajstić information content (AvgIpc) is 2.91. The van der Waals surface area contributed by atoms with Crippen LogP contribution >= 0.6 is 0 Å². The van der Waals surface area contributed by atoms with E-state index in [1.807, 2.05) is 0 Å². The van der Waals surface area contributed by atoms with Crippen LogP contribution in [0.2, 0.25) is 0 Å². The number of nitrogens with one attached hydrogen (secondary N) is 1. The van der Waals surface area contributed by atoms with E-state index in [4.69, 9.17) is 19.6 Å². The second-order valence-electron chi connectivity index (χ2n) is 6.01. The first-order valence-corrected chi connectivity index (χ1v) is 8.03. The summed E-state index contributed by atoms with van der Waals surface area (Å²) in [5.74, 6) is 0.709. The number of ether oxygens (including phenoxy) is 2. The minimum Gasteiger partial charge on any atom is -0.442 e. The maximum Gasteiger partial charge on any atom is 0.418 e. The molecule has 0 saturated heterocycles. The van der Waals surface area contributed by atoms with Crippen LogP contribution in [0.1, 0.15) is 17.2 Å². The van der Waals surface area contributed by atoms with Crippen molar-refractivity contribution in [3.63, 3.8) is 0 Å². The number of hydrogen-bond acceptors (Lipinski definition) is 7. The van der Waals surface area contributed by atoms with E-state index >= 15 is 0 Å². The van der Waals surface area contributed by atoms with Gasteiger partial charge in [0.25, 0.3) is 12.3 Å². The molecular formula is C17H18F2N4O4. The van der Waals surface area contributed by atoms with Crippen molar-refractivity contribution in [2.75, 3.05) is 18.5 Å². The van der Waals surface area contributed by atoms with Gasteiger partial charge in [-0.25, -0.2) is 13.6 Å². The number of alkyl halides is 2. The van der Waals surface area contributed by atoms with Gasteiger partial charge in [-0.15, -0.1) is 0 Å². The number of aryl methyl sites for hydroxylation is 2. The Morgan fingerprint density at radius 2 is 2.19 bits per heavy atom. The molecule has 1 atom stereocenters. The van der Waals surface area contributed by atoms with Gasteiger partial charge in [-0.2, -0.15) is 4.98 Å². The van der Waals surface area contributed by atoms with E-state index in [-0.39, 0.29) is 36.2 Å². The first-order chi connectivity index (χ1) is 12.8. The fourth-order valence-corrected chi connectivity index (χ4v) is 2.72. The molecule has 0 radical (unpaired) electrons. The Balaban J connectivity index is 1.81. The van der Waals surface area contributed by atoms with Crippen LogP contribution in [0, 0.1) is 13.8 Å². The van der Waals surface area contributed by atoms with E-state index in [9.17, 15) is 13.6 Å². The van der Waals surface area contributed by atoms with E-state index in [1.54, 1.807) is 13.8 Å². The number of anilines is 1. The van der Waals surface area contributed by atoms with E-state index in [2.05, 4.69) is 15.3 Å². The molecule has 3 N–H and O–H groups in total. The van der Waals surface area contributed by atoms with Crippen molar-refractivity contribution >= 4 is 17.6 Å². The van der Waals surface area contributed by atoms with Crippen molar-refractivity contribution in [2.45, 2.75) is 25.8 Å². The molecule has 10 heteroatoms. The van der Waals surface area contributed by atoms with Gasteiger partial charge < -0.3 is 19.6 Å². The molecule has 1 aromatic heterocycles. The van der Waals surface area contributed by atoms with Crippen molar-refractivity contribution in [3.05, 3.63) is 41.5 Å². The number of hydrogen-bond donors (Lipinski definition) is 2. The van der Waals surface area contributed by atoms with Gasteiger partial charge in [0, 0.05) is 12.6 Å². The van der Waals surface area contributed by atoms with Gasteiger partial charge in [0.15, 0.2) is 17.2 Å². The summed E-state index contributed by atoms with van der Waals surface area (Å²) in [7, 11) is 0. The van der Waals surface area contributed by atoms with Crippen LogP contribution in [0.3, 0.4) is 0 Å². The third-order valence-corrected chi connectivity index (χ3v) is 3.94. The zero-order valence-electron chi connectivity index (χ0n) is 14.7. The molecule has 1 aromatic carbocycles. The first kappa shape index (κ1) is 18.8. The van der Waals surface area contributed by atoms with E-state index < -0.39 is 18.1 Å². The molecule has 0 saturated carbocycles. The quantitative estimate of drug-likeness (QED) is 0.844. The Bertz CT molecular complexity index is 884. The van der Waals surface area contributed by atoms with Crippen LogP contribution in [-0.2, 0) is 10.3 Å². The molecule has 2 heterocycles. The van der Waals surface area contributed by atoms with Gasteiger partial charge in [-0.05, 0) is 24.6 Å². The molecule has 1 aliphatic rings. The largest absolute Gasteiger partial charge is 0.442 e. The summed E-state index contributed by atoms with van der Waals surface area (Å²) in [6.45, 7) is 2.89. The van der Waals surface area contributed by atoms with Crippen LogP contribution in [0.4, 0.5) is 19.3 Å². The number of carbonyl (C=O) groups is 1. The fraction of sp³-hybridized carbons (Fsp3) is 0.353. The summed E-state index contributed by atoms with van der Waals surface area (Å²) in [4.78, 5) is 19.9. The molecular weight excluding hydrogens is 362 g/mol. The molecule has 8 nitrogen and oxygen atoms in total. The average molecular weight is 380 g/mol. The van der Waals surface area contributed by atoms with Gasteiger partial charge in [-0.3, -0.25) is 10.3 Å². The molecule has 1 aliphatic heterocycles. The Morgan fingerprint density at radius 1 is 1.41 bits per heavy atom. The maximum absolute atomic E-state index is 13.8. The predicted molar refractivity (Wildman–Crippen MR) is 92.2 cm³/mol. The Labute approximate surface area is 153 Å². The number of aliphatic imine (C=N–C) groups is 1. The summed E-state index contributed by atoms with van der Waals surface area (Å²) >= 11 is 0. The molecule has 0 spiro atoms. The Hall–Kier alpha value is -3.01. The molecule has 0 aliphatic carbocycles. The summed E-state index contributed by atoms with van der Waals surface area (Å²) < 4.78 is 43.0. The number of rotatable bonds is 4. The number of amidine groups is 1. The summed E-state index contributed by atoms with van der Waals surface area (Å²) in [6, 6.07) is 5.89. The van der Waals surface area contributed by atoms with Gasteiger partial charge >= 0.3 is 6.09 Å². The van der Waals surface area contributed by atoms with Crippen molar-refractivity contribution in [3.8, 4) is 5.88 Å². The number of aromatic nitrogens is 1. The van der Waals surface area contributed by atoms with Gasteiger partial charge in [0.2, 0.25) is 0 Å². The lowest BCUT2D eigenvalue weighted by molar-refractivity contribution is -0.0129. The van der Waals surface area contributed by atoms with Gasteiger partial charge in [0.05, 0.1) is 6.61 Å². The van der Waals surface area contributed by atoms with Crippen molar-refractivity contribution in [1.29, 1.82) is 0 Å². The van der Waals surface area contributed by atoms with Crippen LogP contribution in [0.5, 0.6) is 5.88 Å². The monoisotopic (exact) mass is 380 g/mol. The maximum atomic E-state index is 13.8. The SMILES string of the molecule is Cc1nc(OC(=O)Nc2cccc(C3(C(F)F)COCC(N)=N3)c2)c(C)o1. The summed E-state index contributed by atoms with van der Waals surface area (Å²) in [6.07, 6.45) is -3.68. The number of nitrogens with two attached hydrogens (primary N) is 1. The molecule has 1 unspecified atom stereocenters. The van der Waals surface area contributed by atoms with Crippen LogP contribution < -0.4 is 15.8 Å². The second kappa shape index (κ2) is 7.31. The zero-order valence-corrected chi connectivity index (χ0v) is 14.7. The number of carbonyl (C=O) groups excluding carboxylic acids is 1. The molecule has 0 bridgehead atoms. The lowest BCUT2D eigenvalue weighted by atomic mass is 9.90. The summed E-state index contributed by atoms with van der Waals surface area (Å²) in [5.41, 5.74) is 4.07. The highest BCUT2D eigenvalue weighted by molar-refractivity contribution is 5.86. The van der Waals surface area contributed by atoms with E-state index in [1.165, 1.54) is 24.3 Å². The third kappa shape index (κ3) is 3.90. The van der Waals surface area contributed by atoms with Gasteiger partial charge in [-0.1, -0.05) is 12.1 Å². The smallest absolute Gasteiger partial charge is 0.418 e. The standard InChI is InChI=1S/C17H18F2N4O4/c1-9-14(21-10(2)26-9)27-16(24)22-12-5-3-4-11(6-12)17(15(18)19)8-25-7-13(20)23-17/h3-6,15H,7-8H2,1-2H3,(H2,20,23)(H,22,24). The number of amides is 1. The van der Waals surface area contributed by atoms with Gasteiger partial charge in [0.1, 0.15) is 12.4 Å². The minimum absolute atomic E-state index is 0.00476. The predicted octanol–water partition coefficient (Wildman–Crippen LogP) is 2.75. The third-order valence-electron chi connectivity index (χ3n) is 3.94. The van der Waals surface area contributed by atoms with Crippen LogP contribution in [-0.4, -0.2) is 36.6 Å². The molecule has 27 heavy (non-hydrogen) atoms. The highest BCUT2D eigenvalue weighted by Gasteiger charge is 2.44. The Kier molecular flexibility index (Phi) is 5.08. The molecule has 144 valence electrons.